The fraction of sp³-hybridized carbons (Fsp3) is 0.452. The van der Waals surface area contributed by atoms with E-state index in [-0.39, 0.29) is 29.8 Å². The van der Waals surface area contributed by atoms with Crippen molar-refractivity contribution >= 4 is 22.6 Å². The summed E-state index contributed by atoms with van der Waals surface area (Å²) in [5, 5.41) is 8.55. The number of likely N-dealkylation sites (N-methyl/N-ethyl adjacent to an activating group) is 1. The SMILES string of the molecule is CNC(C)C(=O)NC(C(=O)N1CCCC1c1cncc(-c2ccc3ccccc3c2)c1)C1CCCCC1. The van der Waals surface area contributed by atoms with Crippen molar-refractivity contribution in [3.63, 3.8) is 0 Å². The van der Waals surface area contributed by atoms with Gasteiger partial charge in [-0.25, -0.2) is 0 Å². The van der Waals surface area contributed by atoms with Gasteiger partial charge in [0.2, 0.25) is 11.8 Å². The van der Waals surface area contributed by atoms with Gasteiger partial charge in [0.25, 0.3) is 0 Å². The summed E-state index contributed by atoms with van der Waals surface area (Å²) in [5.41, 5.74) is 3.24. The Morgan fingerprint density at radius 3 is 2.49 bits per heavy atom. The van der Waals surface area contributed by atoms with Crippen LogP contribution in [0.4, 0.5) is 0 Å². The van der Waals surface area contributed by atoms with Crippen molar-refractivity contribution in [2.45, 2.75) is 70.0 Å². The number of amides is 2. The van der Waals surface area contributed by atoms with Crippen LogP contribution in [0.25, 0.3) is 21.9 Å². The highest BCUT2D eigenvalue weighted by Crippen LogP contribution is 2.36. The second-order valence-electron chi connectivity index (χ2n) is 10.7. The standard InChI is InChI=1S/C31H38N4O2/c1-21(32-2)30(36)34-29(23-10-4-3-5-11-23)31(37)35-16-8-13-28(35)27-18-26(19-33-20-27)25-15-14-22-9-6-7-12-24(22)17-25/h6-7,9,12,14-15,17-21,23,28-29,32H,3-5,8,10-11,13,16H2,1-2H3,(H,34,36). The molecule has 6 heteroatoms. The lowest BCUT2D eigenvalue weighted by Gasteiger charge is -2.35. The van der Waals surface area contributed by atoms with Gasteiger partial charge in [-0.1, -0.05) is 55.7 Å². The van der Waals surface area contributed by atoms with E-state index < -0.39 is 6.04 Å². The molecule has 3 unspecified atom stereocenters. The molecule has 0 bridgehead atoms. The number of likely N-dealkylation sites (tertiary alicyclic amines) is 1. The largest absolute Gasteiger partial charge is 0.343 e. The first kappa shape index (κ1) is 25.4. The fourth-order valence-corrected chi connectivity index (χ4v) is 5.98. The minimum atomic E-state index is -0.471. The van der Waals surface area contributed by atoms with Gasteiger partial charge in [0, 0.05) is 24.5 Å². The van der Waals surface area contributed by atoms with E-state index in [1.807, 2.05) is 24.2 Å². The number of nitrogens with zero attached hydrogens (tertiary/aromatic N) is 2. The average molecular weight is 499 g/mol. The van der Waals surface area contributed by atoms with Crippen molar-refractivity contribution in [2.24, 2.45) is 5.92 Å². The lowest BCUT2D eigenvalue weighted by atomic mass is 9.83. The first-order chi connectivity index (χ1) is 18.0. The summed E-state index contributed by atoms with van der Waals surface area (Å²) in [6.45, 7) is 2.55. The molecule has 2 fully saturated rings. The molecular weight excluding hydrogens is 460 g/mol. The van der Waals surface area contributed by atoms with Crippen molar-refractivity contribution in [1.82, 2.24) is 20.5 Å². The lowest BCUT2D eigenvalue weighted by Crippen LogP contribution is -2.55. The fourth-order valence-electron chi connectivity index (χ4n) is 5.98. The zero-order valence-corrected chi connectivity index (χ0v) is 22.0. The molecule has 2 aliphatic rings. The zero-order valence-electron chi connectivity index (χ0n) is 22.0. The number of benzene rings is 2. The Labute approximate surface area is 219 Å². The van der Waals surface area contributed by atoms with Crippen LogP contribution in [0.2, 0.25) is 0 Å². The molecule has 1 aromatic heterocycles. The summed E-state index contributed by atoms with van der Waals surface area (Å²) in [5.74, 6) is 0.141. The van der Waals surface area contributed by atoms with E-state index in [1.165, 1.54) is 17.2 Å². The van der Waals surface area contributed by atoms with E-state index >= 15 is 0 Å². The molecule has 0 spiro atoms. The highest BCUT2D eigenvalue weighted by atomic mass is 16.2. The predicted molar refractivity (Wildman–Crippen MR) is 148 cm³/mol. The van der Waals surface area contributed by atoms with Gasteiger partial charge in [0.05, 0.1) is 12.1 Å². The molecule has 3 atom stereocenters. The highest BCUT2D eigenvalue weighted by molar-refractivity contribution is 5.90. The van der Waals surface area contributed by atoms with Gasteiger partial charge in [0.1, 0.15) is 6.04 Å². The molecule has 1 aliphatic carbocycles. The number of carbonyl (C=O) groups is 2. The van der Waals surface area contributed by atoms with Gasteiger partial charge in [0.15, 0.2) is 0 Å². The van der Waals surface area contributed by atoms with Crippen LogP contribution < -0.4 is 10.6 Å². The molecule has 194 valence electrons. The van der Waals surface area contributed by atoms with Crippen LogP contribution in [0.5, 0.6) is 0 Å². The number of carbonyl (C=O) groups excluding carboxylic acids is 2. The summed E-state index contributed by atoms with van der Waals surface area (Å²) < 4.78 is 0. The molecule has 1 aliphatic heterocycles. The number of rotatable bonds is 7. The molecule has 3 aromatic rings. The second-order valence-corrected chi connectivity index (χ2v) is 10.7. The van der Waals surface area contributed by atoms with Crippen LogP contribution in [-0.4, -0.2) is 47.4 Å². The number of pyridine rings is 1. The van der Waals surface area contributed by atoms with Crippen LogP contribution in [0, 0.1) is 5.92 Å². The van der Waals surface area contributed by atoms with E-state index in [4.69, 9.17) is 0 Å². The van der Waals surface area contributed by atoms with Gasteiger partial charge < -0.3 is 15.5 Å². The molecule has 1 saturated carbocycles. The Morgan fingerprint density at radius 2 is 1.70 bits per heavy atom. The maximum Gasteiger partial charge on any atom is 0.245 e. The van der Waals surface area contributed by atoms with Crippen LogP contribution in [0.1, 0.15) is 63.5 Å². The summed E-state index contributed by atoms with van der Waals surface area (Å²) in [4.78, 5) is 33.5. The molecule has 37 heavy (non-hydrogen) atoms. The van der Waals surface area contributed by atoms with Crippen LogP contribution in [0.15, 0.2) is 60.9 Å². The maximum absolute atomic E-state index is 14.0. The van der Waals surface area contributed by atoms with E-state index in [0.29, 0.717) is 6.54 Å². The highest BCUT2D eigenvalue weighted by Gasteiger charge is 2.39. The molecule has 0 radical (unpaired) electrons. The van der Waals surface area contributed by atoms with Gasteiger partial charge in [-0.3, -0.25) is 14.6 Å². The van der Waals surface area contributed by atoms with E-state index in [2.05, 4.69) is 64.1 Å². The van der Waals surface area contributed by atoms with Crippen molar-refractivity contribution in [1.29, 1.82) is 0 Å². The molecule has 5 rings (SSSR count). The van der Waals surface area contributed by atoms with E-state index in [1.54, 1.807) is 7.05 Å². The first-order valence-electron chi connectivity index (χ1n) is 13.8. The monoisotopic (exact) mass is 498 g/mol. The van der Waals surface area contributed by atoms with Crippen molar-refractivity contribution in [3.05, 3.63) is 66.5 Å². The topological polar surface area (TPSA) is 74.3 Å². The molecule has 1 saturated heterocycles. The Kier molecular flexibility index (Phi) is 7.85. The number of nitrogens with one attached hydrogen (secondary N) is 2. The molecule has 6 nitrogen and oxygen atoms in total. The molecule has 2 aromatic carbocycles. The molecule has 2 N–H and O–H groups in total. The zero-order chi connectivity index (χ0) is 25.8. The predicted octanol–water partition coefficient (Wildman–Crippen LogP) is 5.24. The first-order valence-corrected chi connectivity index (χ1v) is 13.8. The lowest BCUT2D eigenvalue weighted by molar-refractivity contribution is -0.139. The van der Waals surface area contributed by atoms with Crippen LogP contribution in [-0.2, 0) is 9.59 Å². The molecule has 2 amide bonds. The van der Waals surface area contributed by atoms with E-state index in [9.17, 15) is 9.59 Å². The minimum absolute atomic E-state index is 0.0230. The van der Waals surface area contributed by atoms with Crippen molar-refractivity contribution in [2.75, 3.05) is 13.6 Å². The molecule has 2 heterocycles. The van der Waals surface area contributed by atoms with Gasteiger partial charge in [-0.15, -0.1) is 0 Å². The summed E-state index contributed by atoms with van der Waals surface area (Å²) >= 11 is 0. The minimum Gasteiger partial charge on any atom is -0.343 e. The number of hydrogen-bond acceptors (Lipinski definition) is 4. The van der Waals surface area contributed by atoms with Gasteiger partial charge in [-0.05, 0) is 79.6 Å². The third-order valence-corrected chi connectivity index (χ3v) is 8.27. The number of hydrogen-bond donors (Lipinski definition) is 2. The van der Waals surface area contributed by atoms with Gasteiger partial charge in [-0.2, -0.15) is 0 Å². The average Bonchev–Trinajstić information content (AvgIpc) is 3.45. The Bertz CT molecular complexity index is 1250. The number of fused-ring (bicyclic) bond motifs is 1. The van der Waals surface area contributed by atoms with Crippen molar-refractivity contribution in [3.8, 4) is 11.1 Å². The Balaban J connectivity index is 1.40. The maximum atomic E-state index is 14.0. The molecular formula is C31H38N4O2. The van der Waals surface area contributed by atoms with Crippen LogP contribution >= 0.6 is 0 Å². The van der Waals surface area contributed by atoms with E-state index in [0.717, 1.165) is 55.2 Å². The summed E-state index contributed by atoms with van der Waals surface area (Å²) in [7, 11) is 1.77. The van der Waals surface area contributed by atoms with Crippen molar-refractivity contribution < 1.29 is 9.59 Å². The Morgan fingerprint density at radius 1 is 0.919 bits per heavy atom. The summed E-state index contributed by atoms with van der Waals surface area (Å²) in [6.07, 6.45) is 11.1. The second kappa shape index (κ2) is 11.4. The normalized spacial score (nSPS) is 20.1. The van der Waals surface area contributed by atoms with Crippen LogP contribution in [0.3, 0.4) is 0 Å². The van der Waals surface area contributed by atoms with Gasteiger partial charge >= 0.3 is 0 Å². The third-order valence-electron chi connectivity index (χ3n) is 8.27. The summed E-state index contributed by atoms with van der Waals surface area (Å²) in [6, 6.07) is 16.2. The smallest absolute Gasteiger partial charge is 0.245 e. The number of aromatic nitrogens is 1. The third kappa shape index (κ3) is 5.54. The quantitative estimate of drug-likeness (QED) is 0.467. The Hall–Kier alpha value is -3.25.